The molecule has 7 heteroatoms. The molecule has 0 saturated carbocycles. The van der Waals surface area contributed by atoms with Crippen molar-refractivity contribution in [2.75, 3.05) is 21.3 Å². The molecule has 3 aromatic carbocycles. The molecule has 2 N–H and O–H groups in total. The molecule has 0 bridgehead atoms. The van der Waals surface area contributed by atoms with E-state index < -0.39 is 12.9 Å². The predicted molar refractivity (Wildman–Crippen MR) is 143 cm³/mol. The molecule has 1 atom stereocenters. The van der Waals surface area contributed by atoms with Gasteiger partial charge in [-0.25, -0.2) is 0 Å². The highest BCUT2D eigenvalue weighted by Crippen LogP contribution is 2.49. The second-order valence-corrected chi connectivity index (χ2v) is 8.81. The molecule has 0 aromatic heterocycles. The third-order valence-corrected chi connectivity index (χ3v) is 6.68. The van der Waals surface area contributed by atoms with Crippen molar-refractivity contribution in [2.45, 2.75) is 50.5 Å². The van der Waals surface area contributed by atoms with Gasteiger partial charge in [-0.05, 0) is 59.5 Å². The Labute approximate surface area is 215 Å². The van der Waals surface area contributed by atoms with Crippen molar-refractivity contribution in [2.24, 2.45) is 0 Å². The van der Waals surface area contributed by atoms with Gasteiger partial charge in [-0.1, -0.05) is 69.0 Å². The summed E-state index contributed by atoms with van der Waals surface area (Å²) in [6.07, 6.45) is 5.07. The summed E-state index contributed by atoms with van der Waals surface area (Å²) in [7, 11) is 2.88. The molecular formula is C29H37BO6. The Morgan fingerprint density at radius 1 is 0.667 bits per heavy atom. The molecule has 0 amide bonds. The Bertz CT molecular complexity index is 987. The molecule has 0 aliphatic carbocycles. The van der Waals surface area contributed by atoms with Gasteiger partial charge < -0.3 is 28.9 Å². The molecular weight excluding hydrogens is 455 g/mol. The maximum Gasteiger partial charge on any atom is 0.634 e. The number of rotatable bonds is 14. The van der Waals surface area contributed by atoms with E-state index in [2.05, 4.69) is 6.92 Å². The number of ether oxygens (including phenoxy) is 3. The lowest BCUT2D eigenvalue weighted by molar-refractivity contribution is 0.0221. The fourth-order valence-corrected chi connectivity index (χ4v) is 4.85. The minimum Gasteiger partial charge on any atom is -0.497 e. The van der Waals surface area contributed by atoms with Crippen molar-refractivity contribution in [3.63, 3.8) is 0 Å². The number of benzene rings is 3. The van der Waals surface area contributed by atoms with Crippen LogP contribution in [0.5, 0.6) is 17.2 Å². The Morgan fingerprint density at radius 3 is 1.50 bits per heavy atom. The molecule has 3 aromatic rings. The Hall–Kier alpha value is -3.00. The standard InChI is InChI=1S/C29H37BO6/c1-5-6-7-8-9-28(22-10-16-25(33-2)17-11-22)29(36-30(31)32,23-12-18-26(34-3)19-13-23)24-14-20-27(35-4)21-15-24/h10-21,28,31-32H,5-9H2,1-4H3. The van der Waals surface area contributed by atoms with E-state index in [1.165, 1.54) is 0 Å². The van der Waals surface area contributed by atoms with Crippen molar-refractivity contribution in [1.29, 1.82) is 0 Å². The van der Waals surface area contributed by atoms with Gasteiger partial charge >= 0.3 is 7.32 Å². The van der Waals surface area contributed by atoms with Crippen LogP contribution in [0.2, 0.25) is 0 Å². The first kappa shape index (κ1) is 27.6. The van der Waals surface area contributed by atoms with Crippen LogP contribution in [0.15, 0.2) is 72.8 Å². The lowest BCUT2D eigenvalue weighted by Gasteiger charge is -2.43. The zero-order valence-electron chi connectivity index (χ0n) is 21.6. The summed E-state index contributed by atoms with van der Waals surface area (Å²) < 4.78 is 22.4. The van der Waals surface area contributed by atoms with E-state index in [0.29, 0.717) is 11.5 Å². The lowest BCUT2D eigenvalue weighted by Crippen LogP contribution is -2.43. The van der Waals surface area contributed by atoms with Crippen LogP contribution in [0.3, 0.4) is 0 Å². The first-order valence-electron chi connectivity index (χ1n) is 12.5. The Kier molecular flexibility index (Phi) is 10.2. The van der Waals surface area contributed by atoms with Gasteiger partial charge in [-0.2, -0.15) is 0 Å². The highest BCUT2D eigenvalue weighted by atomic mass is 16.6. The molecule has 1 unspecified atom stereocenters. The van der Waals surface area contributed by atoms with E-state index in [4.69, 9.17) is 18.9 Å². The monoisotopic (exact) mass is 492 g/mol. The van der Waals surface area contributed by atoms with Gasteiger partial charge in [-0.15, -0.1) is 0 Å². The highest BCUT2D eigenvalue weighted by molar-refractivity contribution is 6.32. The second kappa shape index (κ2) is 13.4. The summed E-state index contributed by atoms with van der Waals surface area (Å²) in [5.74, 6) is 1.93. The fraction of sp³-hybridized carbons (Fsp3) is 0.379. The molecule has 0 saturated heterocycles. The highest BCUT2D eigenvalue weighted by Gasteiger charge is 2.46. The number of hydrogen-bond acceptors (Lipinski definition) is 6. The molecule has 0 fully saturated rings. The lowest BCUT2D eigenvalue weighted by atomic mass is 9.70. The maximum atomic E-state index is 10.3. The fourth-order valence-electron chi connectivity index (χ4n) is 4.85. The summed E-state index contributed by atoms with van der Waals surface area (Å²) in [5, 5.41) is 20.5. The number of methoxy groups -OCH3 is 3. The van der Waals surface area contributed by atoms with Crippen LogP contribution in [-0.2, 0) is 10.3 Å². The minimum atomic E-state index is -1.99. The SMILES string of the molecule is CCCCCCC(c1ccc(OC)cc1)C(OB(O)O)(c1ccc(OC)cc1)c1ccc(OC)cc1. The summed E-state index contributed by atoms with van der Waals surface area (Å²) in [6.45, 7) is 2.19. The molecule has 0 spiro atoms. The van der Waals surface area contributed by atoms with Crippen LogP contribution >= 0.6 is 0 Å². The van der Waals surface area contributed by atoms with E-state index >= 15 is 0 Å². The van der Waals surface area contributed by atoms with E-state index in [1.54, 1.807) is 21.3 Å². The summed E-state index contributed by atoms with van der Waals surface area (Å²) in [4.78, 5) is 0. The van der Waals surface area contributed by atoms with E-state index in [1.807, 2.05) is 72.8 Å². The minimum absolute atomic E-state index is 0.233. The van der Waals surface area contributed by atoms with Crippen LogP contribution in [0.4, 0.5) is 0 Å². The third kappa shape index (κ3) is 6.41. The Balaban J connectivity index is 2.26. The molecule has 0 aliphatic rings. The normalized spacial score (nSPS) is 12.2. The average molecular weight is 492 g/mol. The van der Waals surface area contributed by atoms with E-state index in [-0.39, 0.29) is 5.92 Å². The van der Waals surface area contributed by atoms with Crippen molar-refractivity contribution in [3.05, 3.63) is 89.5 Å². The van der Waals surface area contributed by atoms with E-state index in [9.17, 15) is 10.0 Å². The van der Waals surface area contributed by atoms with Crippen molar-refractivity contribution >= 4 is 7.32 Å². The van der Waals surface area contributed by atoms with Gasteiger partial charge in [0.1, 0.15) is 22.8 Å². The largest absolute Gasteiger partial charge is 0.634 e. The molecule has 6 nitrogen and oxygen atoms in total. The third-order valence-electron chi connectivity index (χ3n) is 6.68. The van der Waals surface area contributed by atoms with Crippen molar-refractivity contribution < 1.29 is 28.9 Å². The van der Waals surface area contributed by atoms with Crippen LogP contribution in [-0.4, -0.2) is 38.7 Å². The topological polar surface area (TPSA) is 77.4 Å². The van der Waals surface area contributed by atoms with Gasteiger partial charge in [0.2, 0.25) is 0 Å². The summed E-state index contributed by atoms with van der Waals surface area (Å²) >= 11 is 0. The predicted octanol–water partition coefficient (Wildman–Crippen LogP) is 5.70. The average Bonchev–Trinajstić information content (AvgIpc) is 2.92. The summed E-state index contributed by atoms with van der Waals surface area (Å²) in [6, 6.07) is 23.1. The molecule has 0 aliphatic heterocycles. The first-order chi connectivity index (χ1) is 17.5. The van der Waals surface area contributed by atoms with Gasteiger partial charge in [0.25, 0.3) is 0 Å². The smallest absolute Gasteiger partial charge is 0.497 e. The zero-order chi connectivity index (χ0) is 26.0. The van der Waals surface area contributed by atoms with E-state index in [0.717, 1.165) is 54.5 Å². The number of hydrogen-bond donors (Lipinski definition) is 2. The molecule has 192 valence electrons. The summed E-state index contributed by atoms with van der Waals surface area (Å²) in [5.41, 5.74) is 1.39. The quantitative estimate of drug-likeness (QED) is 0.222. The van der Waals surface area contributed by atoms with Crippen molar-refractivity contribution in [1.82, 2.24) is 0 Å². The van der Waals surface area contributed by atoms with Gasteiger partial charge in [0, 0.05) is 5.92 Å². The molecule has 0 radical (unpaired) electrons. The van der Waals surface area contributed by atoms with Gasteiger partial charge in [0.15, 0.2) is 0 Å². The Morgan fingerprint density at radius 2 is 1.11 bits per heavy atom. The van der Waals surface area contributed by atoms with Crippen molar-refractivity contribution in [3.8, 4) is 17.2 Å². The van der Waals surface area contributed by atoms with Crippen LogP contribution in [0.25, 0.3) is 0 Å². The first-order valence-corrected chi connectivity index (χ1v) is 12.5. The number of unbranched alkanes of at least 4 members (excludes halogenated alkanes) is 3. The molecule has 3 rings (SSSR count). The zero-order valence-corrected chi connectivity index (χ0v) is 21.6. The molecule has 36 heavy (non-hydrogen) atoms. The van der Waals surface area contributed by atoms with Gasteiger partial charge in [-0.3, -0.25) is 0 Å². The van der Waals surface area contributed by atoms with Crippen LogP contribution in [0.1, 0.15) is 61.6 Å². The van der Waals surface area contributed by atoms with Crippen LogP contribution < -0.4 is 14.2 Å². The maximum absolute atomic E-state index is 10.3. The molecule has 0 heterocycles. The van der Waals surface area contributed by atoms with Crippen LogP contribution in [0, 0.1) is 0 Å². The second-order valence-electron chi connectivity index (χ2n) is 8.81. The van der Waals surface area contributed by atoms with Gasteiger partial charge in [0.05, 0.1) is 21.3 Å².